The molecule has 1 saturated heterocycles. The summed E-state index contributed by atoms with van der Waals surface area (Å²) in [7, 11) is 0. The van der Waals surface area contributed by atoms with E-state index in [1.165, 1.54) is 0 Å². The maximum Gasteiger partial charge on any atom is 0.234 e. The number of hydrogen-bond acceptors (Lipinski definition) is 3. The number of carbonyl (C=O) groups is 1. The molecule has 1 fully saturated rings. The van der Waals surface area contributed by atoms with Gasteiger partial charge in [0.2, 0.25) is 5.91 Å². The summed E-state index contributed by atoms with van der Waals surface area (Å²) in [5.74, 6) is 0.0491. The van der Waals surface area contributed by atoms with Gasteiger partial charge in [0, 0.05) is 18.2 Å². The Hall–Kier alpha value is -0.610. The highest BCUT2D eigenvalue weighted by Gasteiger charge is 2.17. The smallest absolute Gasteiger partial charge is 0.234 e. The van der Waals surface area contributed by atoms with Gasteiger partial charge in [-0.25, -0.2) is 0 Å². The highest BCUT2D eigenvalue weighted by molar-refractivity contribution is 5.78. The van der Waals surface area contributed by atoms with Gasteiger partial charge >= 0.3 is 0 Å². The molecule has 1 heterocycles. The van der Waals surface area contributed by atoms with Crippen LogP contribution in [-0.2, 0) is 9.53 Å². The normalized spacial score (nSPS) is 22.5. The predicted octanol–water partition coefficient (Wildman–Crippen LogP) is 0.670. The van der Waals surface area contributed by atoms with Crippen molar-refractivity contribution in [2.24, 2.45) is 0 Å². The molecule has 0 aliphatic carbocycles. The third kappa shape index (κ3) is 5.74. The zero-order chi connectivity index (χ0) is 11.3. The Kier molecular flexibility index (Phi) is 4.54. The minimum absolute atomic E-state index is 0.0491. The molecule has 1 aliphatic heterocycles. The molecule has 1 aliphatic rings. The highest BCUT2D eigenvalue weighted by Crippen LogP contribution is 2.05. The predicted molar refractivity (Wildman–Crippen MR) is 59.7 cm³/mol. The lowest BCUT2D eigenvalue weighted by atomic mass is 10.1. The Morgan fingerprint density at radius 1 is 1.47 bits per heavy atom. The van der Waals surface area contributed by atoms with Crippen molar-refractivity contribution in [3.63, 3.8) is 0 Å². The van der Waals surface area contributed by atoms with Crippen molar-refractivity contribution in [1.82, 2.24) is 10.6 Å². The van der Waals surface area contributed by atoms with E-state index in [1.54, 1.807) is 0 Å². The van der Waals surface area contributed by atoms with Crippen molar-refractivity contribution in [3.05, 3.63) is 0 Å². The first-order chi connectivity index (χ1) is 6.97. The van der Waals surface area contributed by atoms with Gasteiger partial charge in [0.1, 0.15) is 0 Å². The van der Waals surface area contributed by atoms with Gasteiger partial charge < -0.3 is 15.4 Å². The summed E-state index contributed by atoms with van der Waals surface area (Å²) >= 11 is 0. The Labute approximate surface area is 91.8 Å². The van der Waals surface area contributed by atoms with Gasteiger partial charge in [0.05, 0.1) is 13.2 Å². The van der Waals surface area contributed by atoms with Crippen molar-refractivity contribution >= 4 is 5.91 Å². The molecule has 0 aromatic carbocycles. The van der Waals surface area contributed by atoms with E-state index in [9.17, 15) is 4.79 Å². The van der Waals surface area contributed by atoms with E-state index in [0.29, 0.717) is 12.6 Å². The molecular formula is C11H22N2O2. The molecule has 0 bridgehead atoms. The van der Waals surface area contributed by atoms with E-state index < -0.39 is 0 Å². The average molecular weight is 214 g/mol. The largest absolute Gasteiger partial charge is 0.380 e. The fourth-order valence-electron chi connectivity index (χ4n) is 1.60. The molecule has 0 radical (unpaired) electrons. The average Bonchev–Trinajstić information content (AvgIpc) is 2.14. The molecule has 4 nitrogen and oxygen atoms in total. The van der Waals surface area contributed by atoms with Crippen molar-refractivity contribution in [3.8, 4) is 0 Å². The summed E-state index contributed by atoms with van der Waals surface area (Å²) in [6.45, 7) is 7.90. The molecule has 1 rings (SSSR count). The molecule has 2 N–H and O–H groups in total. The van der Waals surface area contributed by atoms with Crippen LogP contribution >= 0.6 is 0 Å². The van der Waals surface area contributed by atoms with Gasteiger partial charge in [-0.1, -0.05) is 0 Å². The number of carbonyl (C=O) groups excluding carboxylic acids is 1. The van der Waals surface area contributed by atoms with E-state index in [1.807, 2.05) is 20.8 Å². The van der Waals surface area contributed by atoms with E-state index >= 15 is 0 Å². The topological polar surface area (TPSA) is 50.4 Å². The molecule has 1 atom stereocenters. The Bertz CT molecular complexity index is 205. The first-order valence-corrected chi connectivity index (χ1v) is 5.59. The number of rotatable bonds is 3. The van der Waals surface area contributed by atoms with Crippen LogP contribution in [0, 0.1) is 0 Å². The van der Waals surface area contributed by atoms with Crippen molar-refractivity contribution in [1.29, 1.82) is 0 Å². The van der Waals surface area contributed by atoms with Gasteiger partial charge in [-0.05, 0) is 33.6 Å². The van der Waals surface area contributed by atoms with Crippen LogP contribution in [0.3, 0.4) is 0 Å². The lowest BCUT2D eigenvalue weighted by Gasteiger charge is -2.25. The maximum absolute atomic E-state index is 11.5. The molecule has 0 spiro atoms. The Balaban J connectivity index is 2.15. The summed E-state index contributed by atoms with van der Waals surface area (Å²) in [6.07, 6.45) is 2.18. The van der Waals surface area contributed by atoms with Crippen molar-refractivity contribution in [2.75, 3.05) is 19.8 Å². The monoisotopic (exact) mass is 214 g/mol. The van der Waals surface area contributed by atoms with Gasteiger partial charge in [-0.2, -0.15) is 0 Å². The van der Waals surface area contributed by atoms with Crippen LogP contribution in [0.2, 0.25) is 0 Å². The third-order valence-corrected chi connectivity index (χ3v) is 2.23. The van der Waals surface area contributed by atoms with Gasteiger partial charge in [-0.3, -0.25) is 4.79 Å². The Morgan fingerprint density at radius 2 is 2.20 bits per heavy atom. The molecule has 88 valence electrons. The van der Waals surface area contributed by atoms with E-state index in [-0.39, 0.29) is 11.4 Å². The summed E-state index contributed by atoms with van der Waals surface area (Å²) in [4.78, 5) is 11.5. The second-order valence-electron chi connectivity index (χ2n) is 5.09. The first-order valence-electron chi connectivity index (χ1n) is 5.59. The van der Waals surface area contributed by atoms with Gasteiger partial charge in [-0.15, -0.1) is 0 Å². The fraction of sp³-hybridized carbons (Fsp3) is 0.909. The van der Waals surface area contributed by atoms with E-state index in [2.05, 4.69) is 10.6 Å². The van der Waals surface area contributed by atoms with E-state index in [0.717, 1.165) is 26.1 Å². The zero-order valence-electron chi connectivity index (χ0n) is 9.93. The molecule has 0 saturated carbocycles. The second-order valence-corrected chi connectivity index (χ2v) is 5.09. The van der Waals surface area contributed by atoms with Crippen LogP contribution in [0.25, 0.3) is 0 Å². The fourth-order valence-corrected chi connectivity index (χ4v) is 1.60. The van der Waals surface area contributed by atoms with E-state index in [4.69, 9.17) is 4.74 Å². The van der Waals surface area contributed by atoms with Crippen LogP contribution in [0.4, 0.5) is 0 Å². The summed E-state index contributed by atoms with van der Waals surface area (Å²) in [6, 6.07) is 0.337. The number of nitrogens with one attached hydrogen (secondary N) is 2. The molecule has 15 heavy (non-hydrogen) atoms. The lowest BCUT2D eigenvalue weighted by molar-refractivity contribution is -0.121. The molecule has 1 unspecified atom stereocenters. The van der Waals surface area contributed by atoms with Gasteiger partial charge in [0.15, 0.2) is 0 Å². The van der Waals surface area contributed by atoms with Crippen LogP contribution in [0.15, 0.2) is 0 Å². The minimum atomic E-state index is -0.151. The Morgan fingerprint density at radius 3 is 2.73 bits per heavy atom. The zero-order valence-corrected chi connectivity index (χ0v) is 9.93. The van der Waals surface area contributed by atoms with Crippen LogP contribution in [-0.4, -0.2) is 37.2 Å². The van der Waals surface area contributed by atoms with Crippen LogP contribution < -0.4 is 10.6 Å². The lowest BCUT2D eigenvalue weighted by Crippen LogP contribution is -2.48. The number of ether oxygens (including phenoxy) is 1. The summed E-state index contributed by atoms with van der Waals surface area (Å²) in [5.41, 5.74) is -0.151. The standard InChI is InChI=1S/C11H22N2O2/c1-11(2,3)13-10(14)7-12-9-5-4-6-15-8-9/h9,12H,4-8H2,1-3H3,(H,13,14). The van der Waals surface area contributed by atoms with Crippen LogP contribution in [0.1, 0.15) is 33.6 Å². The minimum Gasteiger partial charge on any atom is -0.380 e. The van der Waals surface area contributed by atoms with Crippen LogP contribution in [0.5, 0.6) is 0 Å². The molecular weight excluding hydrogens is 192 g/mol. The van der Waals surface area contributed by atoms with Gasteiger partial charge in [0.25, 0.3) is 0 Å². The first kappa shape index (κ1) is 12.5. The number of amides is 1. The van der Waals surface area contributed by atoms with Crippen molar-refractivity contribution in [2.45, 2.75) is 45.2 Å². The maximum atomic E-state index is 11.5. The highest BCUT2D eigenvalue weighted by atomic mass is 16.5. The molecule has 0 aromatic rings. The second kappa shape index (κ2) is 5.47. The molecule has 0 aromatic heterocycles. The third-order valence-electron chi connectivity index (χ3n) is 2.23. The van der Waals surface area contributed by atoms with Crippen molar-refractivity contribution < 1.29 is 9.53 Å². The summed E-state index contributed by atoms with van der Waals surface area (Å²) in [5, 5.41) is 6.12. The molecule has 1 amide bonds. The SMILES string of the molecule is CC(C)(C)NC(=O)CNC1CCCOC1. The number of hydrogen-bond donors (Lipinski definition) is 2. The quantitative estimate of drug-likeness (QED) is 0.726. The molecule has 4 heteroatoms. The summed E-state index contributed by atoms with van der Waals surface area (Å²) < 4.78 is 5.32.